The predicted octanol–water partition coefficient (Wildman–Crippen LogP) is 4.76. The number of hydrogen-bond acceptors (Lipinski definition) is 3. The van der Waals surface area contributed by atoms with Crippen LogP contribution in [0.1, 0.15) is 66.0 Å². The fourth-order valence-corrected chi connectivity index (χ4v) is 3.53. The fraction of sp³-hybridized carbons (Fsp3) is 0.667. The summed E-state index contributed by atoms with van der Waals surface area (Å²) in [6, 6.07) is 11.3. The molecular formula is C21H34N2O2. The first kappa shape index (κ1) is 19.8. The molecular weight excluding hydrogens is 312 g/mol. The van der Waals surface area contributed by atoms with Crippen LogP contribution in [0.25, 0.3) is 0 Å². The average molecular weight is 347 g/mol. The van der Waals surface area contributed by atoms with Crippen molar-refractivity contribution in [2.45, 2.75) is 72.1 Å². The summed E-state index contributed by atoms with van der Waals surface area (Å²) >= 11 is 0. The lowest BCUT2D eigenvalue weighted by Gasteiger charge is -2.46. The van der Waals surface area contributed by atoms with Crippen LogP contribution in [0.4, 0.5) is 4.79 Å². The van der Waals surface area contributed by atoms with Crippen molar-refractivity contribution in [3.05, 3.63) is 35.9 Å². The second-order valence-corrected chi connectivity index (χ2v) is 8.77. The van der Waals surface area contributed by atoms with Crippen molar-refractivity contribution in [2.24, 2.45) is 5.41 Å². The number of ether oxygens (including phenoxy) is 1. The molecule has 1 amide bonds. The molecule has 1 saturated heterocycles. The minimum atomic E-state index is -0.447. The van der Waals surface area contributed by atoms with E-state index >= 15 is 0 Å². The number of nitrogens with zero attached hydrogens (tertiary/aromatic N) is 1. The van der Waals surface area contributed by atoms with Crippen LogP contribution in [0.3, 0.4) is 0 Å². The molecule has 4 heteroatoms. The highest BCUT2D eigenvalue weighted by molar-refractivity contribution is 5.68. The summed E-state index contributed by atoms with van der Waals surface area (Å²) in [5, 5.41) is 3.84. The molecule has 1 heterocycles. The lowest BCUT2D eigenvalue weighted by atomic mass is 9.78. The standard InChI is InChI=1S/C21H34N2O2/c1-7-17(16-11-9-8-10-12-16)22-18-13-14-23(15-21(18,5)6)19(24)25-20(2,3)4/h8-12,17-18,22H,7,13-15H2,1-6H3. The fourth-order valence-electron chi connectivity index (χ4n) is 3.53. The number of hydrogen-bond donors (Lipinski definition) is 1. The molecule has 0 radical (unpaired) electrons. The smallest absolute Gasteiger partial charge is 0.410 e. The third-order valence-electron chi connectivity index (χ3n) is 4.89. The summed E-state index contributed by atoms with van der Waals surface area (Å²) in [5.41, 5.74) is 0.879. The van der Waals surface area contributed by atoms with Gasteiger partial charge in [0, 0.05) is 25.2 Å². The first-order valence-electron chi connectivity index (χ1n) is 9.41. The lowest BCUT2D eigenvalue weighted by molar-refractivity contribution is 0.00105. The molecule has 2 unspecified atom stereocenters. The molecule has 1 N–H and O–H groups in total. The molecule has 25 heavy (non-hydrogen) atoms. The Bertz CT molecular complexity index is 563. The van der Waals surface area contributed by atoms with Gasteiger partial charge in [-0.3, -0.25) is 0 Å². The Morgan fingerprint density at radius 1 is 1.32 bits per heavy atom. The van der Waals surface area contributed by atoms with E-state index in [-0.39, 0.29) is 11.5 Å². The monoisotopic (exact) mass is 346 g/mol. The summed E-state index contributed by atoms with van der Waals surface area (Å²) in [7, 11) is 0. The third kappa shape index (κ3) is 5.46. The van der Waals surface area contributed by atoms with Gasteiger partial charge in [-0.15, -0.1) is 0 Å². The van der Waals surface area contributed by atoms with E-state index in [4.69, 9.17) is 4.74 Å². The summed E-state index contributed by atoms with van der Waals surface area (Å²) in [6.07, 6.45) is 1.79. The number of rotatable bonds is 4. The molecule has 0 aromatic heterocycles. The molecule has 2 rings (SSSR count). The highest BCUT2D eigenvalue weighted by Gasteiger charge is 2.39. The van der Waals surface area contributed by atoms with E-state index in [2.05, 4.69) is 56.4 Å². The van der Waals surface area contributed by atoms with Gasteiger partial charge in [0.25, 0.3) is 0 Å². The van der Waals surface area contributed by atoms with Gasteiger partial charge in [-0.1, -0.05) is 51.1 Å². The van der Waals surface area contributed by atoms with E-state index in [1.165, 1.54) is 5.56 Å². The van der Waals surface area contributed by atoms with Crippen LogP contribution >= 0.6 is 0 Å². The number of likely N-dealkylation sites (tertiary alicyclic amines) is 1. The molecule has 0 aliphatic carbocycles. The quantitative estimate of drug-likeness (QED) is 0.854. The predicted molar refractivity (Wildman–Crippen MR) is 103 cm³/mol. The number of benzene rings is 1. The molecule has 0 saturated carbocycles. The molecule has 1 aromatic rings. The normalized spacial score (nSPS) is 21.7. The van der Waals surface area contributed by atoms with Crippen LogP contribution in [0.2, 0.25) is 0 Å². The van der Waals surface area contributed by atoms with Gasteiger partial charge in [0.05, 0.1) is 0 Å². The van der Waals surface area contributed by atoms with Crippen LogP contribution in [0.15, 0.2) is 30.3 Å². The first-order valence-corrected chi connectivity index (χ1v) is 9.41. The summed E-state index contributed by atoms with van der Waals surface area (Å²) in [6.45, 7) is 13.9. The number of carbonyl (C=O) groups excluding carboxylic acids is 1. The van der Waals surface area contributed by atoms with Crippen molar-refractivity contribution in [1.82, 2.24) is 10.2 Å². The summed E-state index contributed by atoms with van der Waals surface area (Å²) in [4.78, 5) is 14.2. The second kappa shape index (κ2) is 7.77. The van der Waals surface area contributed by atoms with Gasteiger partial charge in [0.2, 0.25) is 0 Å². The zero-order valence-electron chi connectivity index (χ0n) is 16.6. The Morgan fingerprint density at radius 3 is 2.48 bits per heavy atom. The Kier molecular flexibility index (Phi) is 6.15. The Labute approximate surface area is 152 Å². The number of amides is 1. The molecule has 1 aliphatic rings. The van der Waals surface area contributed by atoms with Gasteiger partial charge in [-0.2, -0.15) is 0 Å². The van der Waals surface area contributed by atoms with Gasteiger partial charge in [0.15, 0.2) is 0 Å². The Balaban J connectivity index is 2.02. The maximum atomic E-state index is 12.4. The van der Waals surface area contributed by atoms with Crippen molar-refractivity contribution >= 4 is 6.09 Å². The number of piperidine rings is 1. The highest BCUT2D eigenvalue weighted by Crippen LogP contribution is 2.32. The molecule has 1 aromatic carbocycles. The van der Waals surface area contributed by atoms with Crippen molar-refractivity contribution in [3.8, 4) is 0 Å². The van der Waals surface area contributed by atoms with E-state index < -0.39 is 5.60 Å². The molecule has 0 bridgehead atoms. The van der Waals surface area contributed by atoms with E-state index in [9.17, 15) is 4.79 Å². The van der Waals surface area contributed by atoms with Gasteiger partial charge >= 0.3 is 6.09 Å². The highest BCUT2D eigenvalue weighted by atomic mass is 16.6. The minimum Gasteiger partial charge on any atom is -0.444 e. The van der Waals surface area contributed by atoms with E-state index in [0.717, 1.165) is 19.4 Å². The Hall–Kier alpha value is -1.55. The maximum absolute atomic E-state index is 12.4. The van der Waals surface area contributed by atoms with E-state index in [0.29, 0.717) is 18.6 Å². The van der Waals surface area contributed by atoms with E-state index in [1.54, 1.807) is 0 Å². The van der Waals surface area contributed by atoms with Gasteiger partial charge in [-0.25, -0.2) is 4.79 Å². The van der Waals surface area contributed by atoms with Gasteiger partial charge in [0.1, 0.15) is 5.60 Å². The summed E-state index contributed by atoms with van der Waals surface area (Å²) in [5.74, 6) is 0. The summed E-state index contributed by atoms with van der Waals surface area (Å²) < 4.78 is 5.54. The van der Waals surface area contributed by atoms with Crippen molar-refractivity contribution in [1.29, 1.82) is 0 Å². The molecule has 1 fully saturated rings. The third-order valence-corrected chi connectivity index (χ3v) is 4.89. The minimum absolute atomic E-state index is 0.00262. The molecule has 1 aliphatic heterocycles. The van der Waals surface area contributed by atoms with Crippen LogP contribution in [0.5, 0.6) is 0 Å². The van der Waals surface area contributed by atoms with Gasteiger partial charge in [-0.05, 0) is 44.6 Å². The van der Waals surface area contributed by atoms with Crippen LogP contribution in [0, 0.1) is 5.41 Å². The van der Waals surface area contributed by atoms with Crippen molar-refractivity contribution in [3.63, 3.8) is 0 Å². The molecule has 0 spiro atoms. The number of carbonyl (C=O) groups is 1. The van der Waals surface area contributed by atoms with Gasteiger partial charge < -0.3 is 15.0 Å². The first-order chi connectivity index (χ1) is 11.6. The van der Waals surface area contributed by atoms with Crippen molar-refractivity contribution in [2.75, 3.05) is 13.1 Å². The van der Waals surface area contributed by atoms with Crippen LogP contribution in [-0.2, 0) is 4.74 Å². The largest absolute Gasteiger partial charge is 0.444 e. The maximum Gasteiger partial charge on any atom is 0.410 e. The second-order valence-electron chi connectivity index (χ2n) is 8.77. The topological polar surface area (TPSA) is 41.6 Å². The van der Waals surface area contributed by atoms with Crippen LogP contribution in [-0.4, -0.2) is 35.7 Å². The van der Waals surface area contributed by atoms with E-state index in [1.807, 2.05) is 25.7 Å². The average Bonchev–Trinajstić information content (AvgIpc) is 2.52. The zero-order chi connectivity index (χ0) is 18.7. The lowest BCUT2D eigenvalue weighted by Crippen LogP contribution is -2.56. The SMILES string of the molecule is CCC(NC1CCN(C(=O)OC(C)(C)C)CC1(C)C)c1ccccc1. The molecule has 2 atom stereocenters. The molecule has 4 nitrogen and oxygen atoms in total. The zero-order valence-corrected chi connectivity index (χ0v) is 16.6. The molecule has 140 valence electrons. The number of nitrogens with one attached hydrogen (secondary N) is 1. The van der Waals surface area contributed by atoms with Crippen molar-refractivity contribution < 1.29 is 9.53 Å². The van der Waals surface area contributed by atoms with Crippen LogP contribution < -0.4 is 5.32 Å². The Morgan fingerprint density at radius 2 is 1.96 bits per heavy atom.